The Kier molecular flexibility index (Phi) is 2.28. The van der Waals surface area contributed by atoms with Crippen LogP contribution in [-0.4, -0.2) is 5.78 Å². The zero-order valence-electron chi connectivity index (χ0n) is 8.42. The summed E-state index contributed by atoms with van der Waals surface area (Å²) in [5.74, 6) is 0.528. The normalized spacial score (nSPS) is 20.6. The maximum Gasteiger partial charge on any atom is 0.166 e. The van der Waals surface area contributed by atoms with E-state index in [2.05, 4.69) is 6.92 Å². The molecule has 0 spiro atoms. The molecule has 0 aromatic heterocycles. The van der Waals surface area contributed by atoms with Gasteiger partial charge in [0.1, 0.15) is 0 Å². The van der Waals surface area contributed by atoms with E-state index in [4.69, 9.17) is 5.73 Å². The number of aryl methyl sites for hydroxylation is 1. The van der Waals surface area contributed by atoms with E-state index in [-0.39, 0.29) is 5.92 Å². The first kappa shape index (κ1) is 9.25. The van der Waals surface area contributed by atoms with Gasteiger partial charge in [0.25, 0.3) is 0 Å². The topological polar surface area (TPSA) is 43.1 Å². The van der Waals surface area contributed by atoms with Gasteiger partial charge in [0.05, 0.1) is 0 Å². The summed E-state index contributed by atoms with van der Waals surface area (Å²) in [7, 11) is 0. The lowest BCUT2D eigenvalue weighted by Gasteiger charge is -2.22. The van der Waals surface area contributed by atoms with Gasteiger partial charge in [0, 0.05) is 17.2 Å². The minimum atomic E-state index is 0.228. The molecule has 1 aliphatic rings. The van der Waals surface area contributed by atoms with Crippen molar-refractivity contribution in [2.24, 2.45) is 5.92 Å². The van der Waals surface area contributed by atoms with Gasteiger partial charge in [-0.3, -0.25) is 4.79 Å². The molecule has 0 saturated heterocycles. The third-order valence-corrected chi connectivity index (χ3v) is 3.02. The molecule has 1 aromatic carbocycles. The van der Waals surface area contributed by atoms with Crippen LogP contribution in [0.5, 0.6) is 0 Å². The smallest absolute Gasteiger partial charge is 0.166 e. The van der Waals surface area contributed by atoms with Crippen LogP contribution in [0.15, 0.2) is 18.2 Å². The molecule has 14 heavy (non-hydrogen) atoms. The molecule has 74 valence electrons. The minimum Gasteiger partial charge on any atom is -0.399 e. The van der Waals surface area contributed by atoms with E-state index in [0.29, 0.717) is 5.78 Å². The predicted molar refractivity (Wildman–Crippen MR) is 57.3 cm³/mol. The van der Waals surface area contributed by atoms with Crippen LogP contribution in [0.4, 0.5) is 5.69 Å². The second-order valence-corrected chi connectivity index (χ2v) is 3.92. The lowest BCUT2D eigenvalue weighted by atomic mass is 9.81. The number of nitrogens with two attached hydrogens (primary N) is 1. The molecule has 0 radical (unpaired) electrons. The van der Waals surface area contributed by atoms with E-state index in [1.807, 2.05) is 18.2 Å². The molecule has 0 heterocycles. The van der Waals surface area contributed by atoms with Crippen LogP contribution in [0.25, 0.3) is 0 Å². The lowest BCUT2D eigenvalue weighted by molar-refractivity contribution is 0.0899. The molecule has 2 nitrogen and oxygen atoms in total. The first-order chi connectivity index (χ1) is 6.72. The van der Waals surface area contributed by atoms with Crippen molar-refractivity contribution in [2.45, 2.75) is 26.2 Å². The molecular weight excluding hydrogens is 174 g/mol. The van der Waals surface area contributed by atoms with Crippen molar-refractivity contribution >= 4 is 11.5 Å². The Bertz CT molecular complexity index is 371. The number of ketones is 1. The predicted octanol–water partition coefficient (Wildman–Crippen LogP) is 2.42. The highest BCUT2D eigenvalue weighted by Crippen LogP contribution is 2.28. The number of benzene rings is 1. The molecule has 2 rings (SSSR count). The van der Waals surface area contributed by atoms with Gasteiger partial charge in [-0.1, -0.05) is 6.92 Å². The minimum absolute atomic E-state index is 0.228. The van der Waals surface area contributed by atoms with Crippen molar-refractivity contribution < 1.29 is 4.79 Å². The van der Waals surface area contributed by atoms with E-state index in [0.717, 1.165) is 36.1 Å². The van der Waals surface area contributed by atoms with Crippen LogP contribution in [-0.2, 0) is 6.42 Å². The Morgan fingerprint density at radius 1 is 1.50 bits per heavy atom. The molecule has 0 bridgehead atoms. The first-order valence-electron chi connectivity index (χ1n) is 5.15. The van der Waals surface area contributed by atoms with Crippen LogP contribution in [0.2, 0.25) is 0 Å². The number of carbonyl (C=O) groups is 1. The van der Waals surface area contributed by atoms with Gasteiger partial charge >= 0.3 is 0 Å². The van der Waals surface area contributed by atoms with Crippen molar-refractivity contribution in [3.63, 3.8) is 0 Å². The third-order valence-electron chi connectivity index (χ3n) is 3.02. The SMILES string of the molecule is CCC1CCc2cc(N)ccc2C1=O. The number of Topliss-reactive ketones (excluding diaryl/α,β-unsaturated/α-hetero) is 1. The molecule has 0 amide bonds. The van der Waals surface area contributed by atoms with Gasteiger partial charge in [-0.05, 0) is 43.0 Å². The van der Waals surface area contributed by atoms with E-state index in [1.54, 1.807) is 0 Å². The average molecular weight is 189 g/mol. The number of nitrogen functional groups attached to an aromatic ring is 1. The summed E-state index contributed by atoms with van der Waals surface area (Å²) < 4.78 is 0. The maximum absolute atomic E-state index is 11.9. The molecule has 1 aliphatic carbocycles. The molecular formula is C12H15NO. The van der Waals surface area contributed by atoms with Gasteiger partial charge < -0.3 is 5.73 Å². The van der Waals surface area contributed by atoms with Crippen LogP contribution in [0, 0.1) is 5.92 Å². The molecule has 0 saturated carbocycles. The molecule has 2 N–H and O–H groups in total. The Balaban J connectivity index is 2.41. The van der Waals surface area contributed by atoms with E-state index in [9.17, 15) is 4.79 Å². The summed E-state index contributed by atoms with van der Waals surface area (Å²) in [5.41, 5.74) is 8.45. The van der Waals surface area contributed by atoms with Crippen LogP contribution < -0.4 is 5.73 Å². The number of hydrogen-bond acceptors (Lipinski definition) is 2. The highest BCUT2D eigenvalue weighted by molar-refractivity contribution is 6.00. The van der Waals surface area contributed by atoms with E-state index in [1.165, 1.54) is 0 Å². The Morgan fingerprint density at radius 3 is 3.00 bits per heavy atom. The Morgan fingerprint density at radius 2 is 2.29 bits per heavy atom. The van der Waals surface area contributed by atoms with Crippen molar-refractivity contribution in [1.29, 1.82) is 0 Å². The summed E-state index contributed by atoms with van der Waals surface area (Å²) in [6.45, 7) is 2.07. The van der Waals surface area contributed by atoms with Crippen molar-refractivity contribution in [3.05, 3.63) is 29.3 Å². The Labute approximate surface area is 84.1 Å². The standard InChI is InChI=1S/C12H15NO/c1-2-8-3-4-9-7-10(13)5-6-11(9)12(8)14/h5-8H,2-4,13H2,1H3. The fraction of sp³-hybridized carbons (Fsp3) is 0.417. The van der Waals surface area contributed by atoms with Gasteiger partial charge in [-0.2, -0.15) is 0 Å². The third kappa shape index (κ3) is 1.41. The summed E-state index contributed by atoms with van der Waals surface area (Å²) in [6, 6.07) is 5.61. The highest BCUT2D eigenvalue weighted by atomic mass is 16.1. The van der Waals surface area contributed by atoms with Crippen LogP contribution in [0.1, 0.15) is 35.7 Å². The summed E-state index contributed by atoms with van der Waals surface area (Å²) in [5, 5.41) is 0. The zero-order valence-corrected chi connectivity index (χ0v) is 8.42. The van der Waals surface area contributed by atoms with Gasteiger partial charge in [0.2, 0.25) is 0 Å². The molecule has 1 unspecified atom stereocenters. The highest BCUT2D eigenvalue weighted by Gasteiger charge is 2.25. The number of hydrogen-bond donors (Lipinski definition) is 1. The second kappa shape index (κ2) is 3.45. The quantitative estimate of drug-likeness (QED) is 0.689. The summed E-state index contributed by atoms with van der Waals surface area (Å²) in [4.78, 5) is 11.9. The van der Waals surface area contributed by atoms with Crippen molar-refractivity contribution in [1.82, 2.24) is 0 Å². The molecule has 1 aromatic rings. The molecule has 2 heteroatoms. The maximum atomic E-state index is 11.9. The molecule has 0 fully saturated rings. The van der Waals surface area contributed by atoms with Gasteiger partial charge in [0.15, 0.2) is 5.78 Å². The summed E-state index contributed by atoms with van der Waals surface area (Å²) >= 11 is 0. The fourth-order valence-electron chi connectivity index (χ4n) is 2.13. The second-order valence-electron chi connectivity index (χ2n) is 3.92. The monoisotopic (exact) mass is 189 g/mol. The van der Waals surface area contributed by atoms with Crippen LogP contribution >= 0.6 is 0 Å². The van der Waals surface area contributed by atoms with E-state index < -0.39 is 0 Å². The molecule has 0 aliphatic heterocycles. The van der Waals surface area contributed by atoms with Crippen molar-refractivity contribution in [3.8, 4) is 0 Å². The largest absolute Gasteiger partial charge is 0.399 e. The summed E-state index contributed by atoms with van der Waals surface area (Å²) in [6.07, 6.45) is 2.92. The van der Waals surface area contributed by atoms with Gasteiger partial charge in [-0.15, -0.1) is 0 Å². The number of carbonyl (C=O) groups excluding carboxylic acids is 1. The average Bonchev–Trinajstić information content (AvgIpc) is 2.18. The first-order valence-corrected chi connectivity index (χ1v) is 5.15. The Hall–Kier alpha value is -1.31. The van der Waals surface area contributed by atoms with E-state index >= 15 is 0 Å². The fourth-order valence-corrected chi connectivity index (χ4v) is 2.13. The lowest BCUT2D eigenvalue weighted by Crippen LogP contribution is -2.21. The zero-order chi connectivity index (χ0) is 10.1. The number of rotatable bonds is 1. The van der Waals surface area contributed by atoms with Crippen molar-refractivity contribution in [2.75, 3.05) is 5.73 Å². The molecule has 1 atom stereocenters. The van der Waals surface area contributed by atoms with Gasteiger partial charge in [-0.25, -0.2) is 0 Å². The number of anilines is 1. The van der Waals surface area contributed by atoms with Crippen LogP contribution in [0.3, 0.4) is 0 Å². The number of fused-ring (bicyclic) bond motifs is 1.